The zero-order chi connectivity index (χ0) is 18.5. The summed E-state index contributed by atoms with van der Waals surface area (Å²) in [5.41, 5.74) is 2.07. The summed E-state index contributed by atoms with van der Waals surface area (Å²) in [6, 6.07) is 19.7. The van der Waals surface area contributed by atoms with Gasteiger partial charge in [0.25, 0.3) is 0 Å². The van der Waals surface area contributed by atoms with Crippen molar-refractivity contribution in [3.8, 4) is 0 Å². The first-order valence-corrected chi connectivity index (χ1v) is 9.25. The van der Waals surface area contributed by atoms with Crippen LogP contribution in [0.4, 0.5) is 0 Å². The Hall–Kier alpha value is -2.62. The molecule has 0 saturated carbocycles. The molecule has 26 heavy (non-hydrogen) atoms. The van der Waals surface area contributed by atoms with Crippen molar-refractivity contribution in [1.82, 2.24) is 9.80 Å². The van der Waals surface area contributed by atoms with E-state index in [0.29, 0.717) is 26.2 Å². The number of piperazine rings is 1. The lowest BCUT2D eigenvalue weighted by molar-refractivity contribution is -0.140. The molecule has 0 bridgehead atoms. The molecule has 0 aromatic heterocycles. The molecule has 0 aliphatic carbocycles. The first kappa shape index (κ1) is 18.2. The Morgan fingerprint density at radius 2 is 0.962 bits per heavy atom. The predicted octanol–water partition coefficient (Wildman–Crippen LogP) is 3.26. The van der Waals surface area contributed by atoms with Gasteiger partial charge >= 0.3 is 0 Å². The predicted molar refractivity (Wildman–Crippen MR) is 103 cm³/mol. The van der Waals surface area contributed by atoms with Crippen molar-refractivity contribution in [2.75, 3.05) is 26.2 Å². The fraction of sp³-hybridized carbons (Fsp3) is 0.364. The normalized spacial score (nSPS) is 16.8. The molecule has 4 heteroatoms. The molecule has 136 valence electrons. The molecule has 1 heterocycles. The quantitative estimate of drug-likeness (QED) is 0.849. The minimum atomic E-state index is -0.151. The van der Waals surface area contributed by atoms with Gasteiger partial charge in [0.2, 0.25) is 11.8 Å². The summed E-state index contributed by atoms with van der Waals surface area (Å²) in [7, 11) is 0. The highest BCUT2D eigenvalue weighted by atomic mass is 16.2. The molecule has 2 amide bonds. The van der Waals surface area contributed by atoms with Crippen LogP contribution in [0, 0.1) is 0 Å². The van der Waals surface area contributed by atoms with Crippen LogP contribution in [0.2, 0.25) is 0 Å². The fourth-order valence-corrected chi connectivity index (χ4v) is 3.46. The largest absolute Gasteiger partial charge is 0.339 e. The van der Waals surface area contributed by atoms with E-state index < -0.39 is 0 Å². The van der Waals surface area contributed by atoms with Crippen LogP contribution in [-0.4, -0.2) is 47.8 Å². The van der Waals surface area contributed by atoms with Gasteiger partial charge in [-0.3, -0.25) is 9.59 Å². The monoisotopic (exact) mass is 350 g/mol. The van der Waals surface area contributed by atoms with E-state index in [2.05, 4.69) is 0 Å². The van der Waals surface area contributed by atoms with Gasteiger partial charge in [-0.05, 0) is 25.0 Å². The molecule has 0 N–H and O–H groups in total. The van der Waals surface area contributed by atoms with E-state index >= 15 is 0 Å². The zero-order valence-electron chi connectivity index (χ0n) is 15.5. The van der Waals surface area contributed by atoms with Gasteiger partial charge < -0.3 is 9.80 Å². The number of carbonyl (C=O) groups excluding carboxylic acids is 2. The summed E-state index contributed by atoms with van der Waals surface area (Å²) in [6.07, 6.45) is 0. The first-order valence-electron chi connectivity index (χ1n) is 9.25. The maximum atomic E-state index is 12.8. The number of benzene rings is 2. The number of carbonyl (C=O) groups is 2. The number of rotatable bonds is 4. The second kappa shape index (κ2) is 8.17. The number of hydrogen-bond donors (Lipinski definition) is 0. The topological polar surface area (TPSA) is 40.6 Å². The number of hydrogen-bond acceptors (Lipinski definition) is 2. The molecule has 4 nitrogen and oxygen atoms in total. The first-order chi connectivity index (χ1) is 12.6. The minimum Gasteiger partial charge on any atom is -0.339 e. The van der Waals surface area contributed by atoms with Gasteiger partial charge in [0.05, 0.1) is 11.8 Å². The van der Waals surface area contributed by atoms with Crippen LogP contribution < -0.4 is 0 Å². The SMILES string of the molecule is C[C@H](C(=O)N1CCN(C(=O)[C@H](C)c2ccccc2)CC1)c1ccccc1. The molecular formula is C22H26N2O2. The summed E-state index contributed by atoms with van der Waals surface area (Å²) in [5, 5.41) is 0. The second-order valence-electron chi connectivity index (χ2n) is 6.92. The van der Waals surface area contributed by atoms with Crippen LogP contribution >= 0.6 is 0 Å². The maximum absolute atomic E-state index is 12.8. The standard InChI is InChI=1S/C22H26N2O2/c1-17(19-9-5-3-6-10-19)21(25)23-13-15-24(16-14-23)22(26)18(2)20-11-7-4-8-12-20/h3-12,17-18H,13-16H2,1-2H3/t17-,18+. The Balaban J connectivity index is 1.57. The van der Waals surface area contributed by atoms with Gasteiger partial charge in [-0.1, -0.05) is 60.7 Å². The minimum absolute atomic E-state index is 0.138. The molecule has 1 saturated heterocycles. The van der Waals surface area contributed by atoms with Crippen molar-refractivity contribution in [3.63, 3.8) is 0 Å². The molecule has 0 radical (unpaired) electrons. The lowest BCUT2D eigenvalue weighted by Gasteiger charge is -2.37. The van der Waals surface area contributed by atoms with E-state index in [0.717, 1.165) is 11.1 Å². The highest BCUT2D eigenvalue weighted by Crippen LogP contribution is 2.21. The lowest BCUT2D eigenvalue weighted by atomic mass is 9.98. The number of nitrogens with zero attached hydrogens (tertiary/aromatic N) is 2. The Morgan fingerprint density at radius 3 is 1.27 bits per heavy atom. The summed E-state index contributed by atoms with van der Waals surface area (Å²) in [6.45, 7) is 6.30. The van der Waals surface area contributed by atoms with E-state index in [-0.39, 0.29) is 23.7 Å². The molecular weight excluding hydrogens is 324 g/mol. The van der Waals surface area contributed by atoms with Gasteiger partial charge in [0.1, 0.15) is 0 Å². The van der Waals surface area contributed by atoms with Crippen molar-refractivity contribution in [3.05, 3.63) is 71.8 Å². The van der Waals surface area contributed by atoms with Gasteiger partial charge in [-0.2, -0.15) is 0 Å². The average molecular weight is 350 g/mol. The molecule has 1 aliphatic heterocycles. The Labute approximate surface area is 155 Å². The number of amides is 2. The van der Waals surface area contributed by atoms with Crippen LogP contribution in [0.3, 0.4) is 0 Å². The van der Waals surface area contributed by atoms with Crippen molar-refractivity contribution in [2.45, 2.75) is 25.7 Å². The van der Waals surface area contributed by atoms with E-state index in [1.54, 1.807) is 0 Å². The smallest absolute Gasteiger partial charge is 0.229 e. The van der Waals surface area contributed by atoms with Crippen LogP contribution in [0.1, 0.15) is 36.8 Å². The van der Waals surface area contributed by atoms with E-state index in [1.165, 1.54) is 0 Å². The molecule has 0 unspecified atom stereocenters. The van der Waals surface area contributed by atoms with Crippen LogP contribution in [0.15, 0.2) is 60.7 Å². The van der Waals surface area contributed by atoms with E-state index in [4.69, 9.17) is 0 Å². The molecule has 2 aromatic rings. The Kier molecular flexibility index (Phi) is 5.71. The van der Waals surface area contributed by atoms with Crippen molar-refractivity contribution < 1.29 is 9.59 Å². The van der Waals surface area contributed by atoms with Crippen molar-refractivity contribution >= 4 is 11.8 Å². The molecule has 3 rings (SSSR count). The van der Waals surface area contributed by atoms with Crippen LogP contribution in [0.5, 0.6) is 0 Å². The fourth-order valence-electron chi connectivity index (χ4n) is 3.46. The molecule has 1 aliphatic rings. The van der Waals surface area contributed by atoms with Gasteiger partial charge in [0.15, 0.2) is 0 Å². The van der Waals surface area contributed by atoms with E-state index in [1.807, 2.05) is 84.3 Å². The third-order valence-electron chi connectivity index (χ3n) is 5.24. The Morgan fingerprint density at radius 1 is 0.654 bits per heavy atom. The maximum Gasteiger partial charge on any atom is 0.229 e. The zero-order valence-corrected chi connectivity index (χ0v) is 15.5. The molecule has 0 spiro atoms. The lowest BCUT2D eigenvalue weighted by Crippen LogP contribution is -2.52. The average Bonchev–Trinajstić information content (AvgIpc) is 2.73. The molecule has 2 atom stereocenters. The summed E-state index contributed by atoms with van der Waals surface area (Å²) < 4.78 is 0. The van der Waals surface area contributed by atoms with Crippen LogP contribution in [0.25, 0.3) is 0 Å². The molecule has 1 fully saturated rings. The second-order valence-corrected chi connectivity index (χ2v) is 6.92. The van der Waals surface area contributed by atoms with Crippen molar-refractivity contribution in [1.29, 1.82) is 0 Å². The Bertz CT molecular complexity index is 672. The summed E-state index contributed by atoms with van der Waals surface area (Å²) in [4.78, 5) is 29.3. The molecule has 2 aromatic carbocycles. The summed E-state index contributed by atoms with van der Waals surface area (Å²) in [5.74, 6) is -0.0257. The van der Waals surface area contributed by atoms with Crippen molar-refractivity contribution in [2.24, 2.45) is 0 Å². The summed E-state index contributed by atoms with van der Waals surface area (Å²) >= 11 is 0. The van der Waals surface area contributed by atoms with Gasteiger partial charge in [-0.15, -0.1) is 0 Å². The van der Waals surface area contributed by atoms with Gasteiger partial charge in [-0.25, -0.2) is 0 Å². The van der Waals surface area contributed by atoms with E-state index in [9.17, 15) is 9.59 Å². The van der Waals surface area contributed by atoms with Gasteiger partial charge in [0, 0.05) is 26.2 Å². The van der Waals surface area contributed by atoms with Crippen LogP contribution in [-0.2, 0) is 9.59 Å². The third-order valence-corrected chi connectivity index (χ3v) is 5.24. The third kappa shape index (κ3) is 3.96. The highest BCUT2D eigenvalue weighted by molar-refractivity contribution is 5.85. The highest BCUT2D eigenvalue weighted by Gasteiger charge is 2.29.